The molecule has 0 bridgehead atoms. The van der Waals surface area contributed by atoms with Crippen molar-refractivity contribution < 1.29 is 5.11 Å². The van der Waals surface area contributed by atoms with Gasteiger partial charge >= 0.3 is 0 Å². The van der Waals surface area contributed by atoms with Crippen LogP contribution in [0.2, 0.25) is 0 Å². The van der Waals surface area contributed by atoms with Crippen LogP contribution >= 0.6 is 0 Å². The highest BCUT2D eigenvalue weighted by Crippen LogP contribution is 2.67. The molecule has 2 fully saturated rings. The minimum absolute atomic E-state index is 0.152. The van der Waals surface area contributed by atoms with Gasteiger partial charge in [0.1, 0.15) is 0 Å². The number of hydrogen-bond donors (Lipinski definition) is 2. The zero-order valence-electron chi connectivity index (χ0n) is 20.8. The molecule has 2 N–H and O–H groups in total. The van der Waals surface area contributed by atoms with Gasteiger partial charge in [0.25, 0.3) is 0 Å². The maximum Gasteiger partial charge on any atom is 0.0594 e. The Morgan fingerprint density at radius 2 is 1.73 bits per heavy atom. The van der Waals surface area contributed by atoms with Gasteiger partial charge in [0.2, 0.25) is 0 Å². The highest BCUT2D eigenvalue weighted by molar-refractivity contribution is 5.37. The fourth-order valence-corrected chi connectivity index (χ4v) is 8.82. The fourth-order valence-electron chi connectivity index (χ4n) is 8.82. The van der Waals surface area contributed by atoms with Gasteiger partial charge in [-0.25, -0.2) is 0 Å². The van der Waals surface area contributed by atoms with Crippen LogP contribution in [0, 0.1) is 34.0 Å². The van der Waals surface area contributed by atoms with Crippen LogP contribution < -0.4 is 5.32 Å². The molecule has 0 radical (unpaired) electrons. The van der Waals surface area contributed by atoms with Crippen molar-refractivity contribution in [3.63, 3.8) is 0 Å². The van der Waals surface area contributed by atoms with Crippen molar-refractivity contribution in [2.24, 2.45) is 34.0 Å². The molecule has 4 aliphatic rings. The standard InChI is InChI=1S/C27H46N2O/c1-17(28-6)24-22(30)16-27(5)21-11-10-20-18(15-19(21)13-14-26(24,27)4)9-12-23(29(7)8)25(20,2)3/h13,15,17,20-24,28,30H,9-12,14,16H2,1-8H3/t17-,20+,21+,22+,23-,24-,26+,27-/m0/s1. The van der Waals surface area contributed by atoms with E-state index in [0.717, 1.165) is 12.8 Å². The monoisotopic (exact) mass is 414 g/mol. The number of fused-ring (bicyclic) bond motifs is 4. The molecule has 0 aromatic carbocycles. The van der Waals surface area contributed by atoms with Gasteiger partial charge in [-0.05, 0) is 100 Å². The Morgan fingerprint density at radius 3 is 2.37 bits per heavy atom. The lowest BCUT2D eigenvalue weighted by atomic mass is 9.51. The molecule has 0 heterocycles. The van der Waals surface area contributed by atoms with E-state index in [1.165, 1.54) is 25.7 Å². The molecule has 0 saturated heterocycles. The van der Waals surface area contributed by atoms with E-state index in [1.807, 2.05) is 7.05 Å². The minimum Gasteiger partial charge on any atom is -0.393 e. The molecule has 3 heteroatoms. The summed E-state index contributed by atoms with van der Waals surface area (Å²) in [7, 11) is 6.57. The van der Waals surface area contributed by atoms with Crippen molar-refractivity contribution in [2.75, 3.05) is 21.1 Å². The smallest absolute Gasteiger partial charge is 0.0594 e. The summed E-state index contributed by atoms with van der Waals surface area (Å²) < 4.78 is 0. The highest BCUT2D eigenvalue weighted by atomic mass is 16.3. The minimum atomic E-state index is -0.206. The number of nitrogens with one attached hydrogen (secondary N) is 1. The molecule has 0 unspecified atom stereocenters. The van der Waals surface area contributed by atoms with E-state index in [1.54, 1.807) is 11.1 Å². The normalized spacial score (nSPS) is 46.3. The van der Waals surface area contributed by atoms with Crippen molar-refractivity contribution >= 4 is 0 Å². The topological polar surface area (TPSA) is 35.5 Å². The number of nitrogens with zero attached hydrogens (tertiary/aromatic N) is 1. The first kappa shape index (κ1) is 22.6. The molecule has 0 aromatic rings. The van der Waals surface area contributed by atoms with E-state index >= 15 is 0 Å². The van der Waals surface area contributed by atoms with Gasteiger partial charge in [-0.3, -0.25) is 0 Å². The number of rotatable bonds is 3. The lowest BCUT2D eigenvalue weighted by molar-refractivity contribution is -0.00741. The fraction of sp³-hybridized carbons (Fsp3) is 0.852. The summed E-state index contributed by atoms with van der Waals surface area (Å²) >= 11 is 0. The predicted octanol–water partition coefficient (Wildman–Crippen LogP) is 5.02. The van der Waals surface area contributed by atoms with Crippen molar-refractivity contribution in [1.82, 2.24) is 10.2 Å². The Labute approximate surface area is 185 Å². The summed E-state index contributed by atoms with van der Waals surface area (Å²) in [6.45, 7) is 12.3. The van der Waals surface area contributed by atoms with Crippen LogP contribution in [0.5, 0.6) is 0 Å². The molecule has 0 amide bonds. The van der Waals surface area contributed by atoms with Gasteiger partial charge < -0.3 is 15.3 Å². The first-order chi connectivity index (χ1) is 14.0. The zero-order valence-corrected chi connectivity index (χ0v) is 20.8. The average molecular weight is 415 g/mol. The van der Waals surface area contributed by atoms with Gasteiger partial charge in [-0.1, -0.05) is 45.4 Å². The van der Waals surface area contributed by atoms with E-state index in [-0.39, 0.29) is 16.9 Å². The third-order valence-electron chi connectivity index (χ3n) is 10.6. The van der Waals surface area contributed by atoms with Crippen LogP contribution in [0.4, 0.5) is 0 Å². The molecule has 30 heavy (non-hydrogen) atoms. The van der Waals surface area contributed by atoms with E-state index in [0.29, 0.717) is 35.3 Å². The summed E-state index contributed by atoms with van der Waals surface area (Å²) in [5, 5.41) is 14.7. The van der Waals surface area contributed by atoms with Gasteiger partial charge in [0.15, 0.2) is 0 Å². The number of aliphatic hydroxyl groups is 1. The van der Waals surface area contributed by atoms with Crippen molar-refractivity contribution in [3.05, 3.63) is 23.3 Å². The molecule has 2 saturated carbocycles. The van der Waals surface area contributed by atoms with Gasteiger partial charge in [-0.15, -0.1) is 0 Å². The quantitative estimate of drug-likeness (QED) is 0.680. The molecule has 0 aliphatic heterocycles. The Kier molecular flexibility index (Phi) is 5.60. The largest absolute Gasteiger partial charge is 0.393 e. The van der Waals surface area contributed by atoms with Crippen molar-refractivity contribution in [2.45, 2.75) is 91.3 Å². The molecule has 170 valence electrons. The van der Waals surface area contributed by atoms with Gasteiger partial charge in [-0.2, -0.15) is 0 Å². The highest BCUT2D eigenvalue weighted by Gasteiger charge is 2.63. The SMILES string of the molecule is CN[C@@H](C)[C@H]1[C@H](O)C[C@@]2(C)[C@@H]3CC[C@@H]4C(=CC3=CC[C@]12C)CC[C@H](N(C)C)C4(C)C. The second kappa shape index (κ2) is 7.46. The Balaban J connectivity index is 1.70. The van der Waals surface area contributed by atoms with Gasteiger partial charge in [0.05, 0.1) is 6.10 Å². The molecule has 8 atom stereocenters. The van der Waals surface area contributed by atoms with Crippen LogP contribution in [-0.2, 0) is 0 Å². The zero-order chi connectivity index (χ0) is 22.1. The second-order valence-electron chi connectivity index (χ2n) is 12.4. The Morgan fingerprint density at radius 1 is 1.07 bits per heavy atom. The molecular weight excluding hydrogens is 368 g/mol. The van der Waals surface area contributed by atoms with Crippen molar-refractivity contribution in [1.29, 1.82) is 0 Å². The molecule has 3 nitrogen and oxygen atoms in total. The summed E-state index contributed by atoms with van der Waals surface area (Å²) in [6.07, 6.45) is 12.1. The van der Waals surface area contributed by atoms with Crippen LogP contribution in [-0.4, -0.2) is 49.3 Å². The molecule has 4 rings (SSSR count). The van der Waals surface area contributed by atoms with Crippen LogP contribution in [0.1, 0.15) is 73.1 Å². The summed E-state index contributed by atoms with van der Waals surface area (Å²) in [5.41, 5.74) is 3.93. The third-order valence-corrected chi connectivity index (χ3v) is 10.6. The van der Waals surface area contributed by atoms with E-state index in [2.05, 4.69) is 71.1 Å². The maximum atomic E-state index is 11.2. The summed E-state index contributed by atoms with van der Waals surface area (Å²) in [6, 6.07) is 0.997. The van der Waals surface area contributed by atoms with E-state index < -0.39 is 0 Å². The Bertz CT molecular complexity index is 737. The lowest BCUT2D eigenvalue weighted by Gasteiger charge is -2.53. The first-order valence-corrected chi connectivity index (χ1v) is 12.4. The number of allylic oxidation sites excluding steroid dienone is 4. The third kappa shape index (κ3) is 3.02. The summed E-state index contributed by atoms with van der Waals surface area (Å²) in [4.78, 5) is 2.46. The Hall–Kier alpha value is -0.640. The van der Waals surface area contributed by atoms with Crippen LogP contribution in [0.15, 0.2) is 23.3 Å². The second-order valence-corrected chi connectivity index (χ2v) is 12.4. The van der Waals surface area contributed by atoms with Crippen LogP contribution in [0.3, 0.4) is 0 Å². The maximum absolute atomic E-state index is 11.2. The number of aliphatic hydroxyl groups excluding tert-OH is 1. The number of hydrogen-bond acceptors (Lipinski definition) is 3. The average Bonchev–Trinajstić information content (AvgIpc) is 2.78. The van der Waals surface area contributed by atoms with Crippen molar-refractivity contribution in [3.8, 4) is 0 Å². The van der Waals surface area contributed by atoms with E-state index in [9.17, 15) is 5.11 Å². The lowest BCUT2D eigenvalue weighted by Crippen LogP contribution is -2.50. The van der Waals surface area contributed by atoms with E-state index in [4.69, 9.17) is 0 Å². The molecule has 4 aliphatic carbocycles. The predicted molar refractivity (Wildman–Crippen MR) is 126 cm³/mol. The van der Waals surface area contributed by atoms with Crippen LogP contribution in [0.25, 0.3) is 0 Å². The van der Waals surface area contributed by atoms with Gasteiger partial charge in [0, 0.05) is 18.0 Å². The summed E-state index contributed by atoms with van der Waals surface area (Å²) in [5.74, 6) is 1.57. The first-order valence-electron chi connectivity index (χ1n) is 12.4. The molecule has 0 aromatic heterocycles. The molecule has 0 spiro atoms. The molecular formula is C27H46N2O.